The number of aromatic nitrogens is 1. The summed E-state index contributed by atoms with van der Waals surface area (Å²) in [6, 6.07) is 10.9. The Morgan fingerprint density at radius 2 is 2.36 bits per heavy atom. The second kappa shape index (κ2) is 2.84. The first kappa shape index (κ1) is 6.55. The summed E-state index contributed by atoms with van der Waals surface area (Å²) in [6.45, 7) is 0. The Morgan fingerprint density at radius 3 is 3.00 bits per heavy atom. The van der Waals surface area contributed by atoms with Crippen LogP contribution in [0.4, 0.5) is 0 Å². The van der Waals surface area contributed by atoms with E-state index in [1.54, 1.807) is 17.5 Å². The van der Waals surface area contributed by atoms with Gasteiger partial charge in [-0.05, 0) is 29.6 Å². The highest BCUT2D eigenvalue weighted by Gasteiger charge is 1.96. The van der Waals surface area contributed by atoms with Gasteiger partial charge in [-0.2, -0.15) is 0 Å². The summed E-state index contributed by atoms with van der Waals surface area (Å²) in [6.07, 6.45) is 1.80. The summed E-state index contributed by atoms with van der Waals surface area (Å²) in [4.78, 5) is 5.38. The van der Waals surface area contributed by atoms with Crippen molar-refractivity contribution in [3.8, 4) is 10.6 Å². The van der Waals surface area contributed by atoms with Crippen molar-refractivity contribution in [1.29, 1.82) is 0 Å². The van der Waals surface area contributed by atoms with Crippen molar-refractivity contribution in [1.82, 2.24) is 4.98 Å². The van der Waals surface area contributed by atoms with E-state index in [9.17, 15) is 0 Å². The third-order valence-electron chi connectivity index (χ3n) is 1.39. The lowest BCUT2D eigenvalue weighted by atomic mass is 10.3. The van der Waals surface area contributed by atoms with Crippen molar-refractivity contribution >= 4 is 11.3 Å². The van der Waals surface area contributed by atoms with Gasteiger partial charge in [-0.1, -0.05) is 6.07 Å². The minimum absolute atomic E-state index is 1.03. The lowest BCUT2D eigenvalue weighted by molar-refractivity contribution is 1.34. The zero-order chi connectivity index (χ0) is 7.52. The van der Waals surface area contributed by atoms with E-state index in [1.807, 2.05) is 29.6 Å². The smallest absolute Gasteiger partial charge is 0.0801 e. The maximum Gasteiger partial charge on any atom is 0.0801 e. The summed E-state index contributed by atoms with van der Waals surface area (Å²) in [5.74, 6) is 0. The molecule has 0 N–H and O–H groups in total. The normalized spacial score (nSPS) is 9.82. The Hall–Kier alpha value is -1.15. The molecule has 2 rings (SSSR count). The first-order chi connectivity index (χ1) is 5.47. The average molecular weight is 160 g/mol. The Morgan fingerprint density at radius 1 is 1.36 bits per heavy atom. The van der Waals surface area contributed by atoms with E-state index in [0.29, 0.717) is 0 Å². The van der Waals surface area contributed by atoms with E-state index >= 15 is 0 Å². The van der Waals surface area contributed by atoms with Crippen LogP contribution in [0.5, 0.6) is 0 Å². The van der Waals surface area contributed by atoms with Crippen LogP contribution in [0.15, 0.2) is 35.8 Å². The van der Waals surface area contributed by atoms with E-state index in [1.165, 1.54) is 4.88 Å². The standard InChI is InChI=1S/C9H6NS/c1-2-6-10-8(4-1)9-5-3-7-11-9/h1-2,4-7H. The van der Waals surface area contributed by atoms with Crippen LogP contribution >= 0.6 is 11.3 Å². The summed E-state index contributed by atoms with van der Waals surface area (Å²) in [5.41, 5.74) is 1.03. The Labute approximate surface area is 69.3 Å². The molecule has 0 fully saturated rings. The monoisotopic (exact) mass is 160 g/mol. The fourth-order valence-corrected chi connectivity index (χ4v) is 1.52. The lowest BCUT2D eigenvalue weighted by Gasteiger charge is -1.91. The van der Waals surface area contributed by atoms with Crippen LogP contribution in [-0.2, 0) is 0 Å². The summed E-state index contributed by atoms with van der Waals surface area (Å²) < 4.78 is 0. The molecule has 2 aromatic heterocycles. The van der Waals surface area contributed by atoms with Gasteiger partial charge in [-0.15, -0.1) is 11.3 Å². The van der Waals surface area contributed by atoms with Crippen molar-refractivity contribution in [3.63, 3.8) is 0 Å². The van der Waals surface area contributed by atoms with Crippen LogP contribution in [0.3, 0.4) is 0 Å². The molecule has 1 nitrogen and oxygen atoms in total. The number of thiophene rings is 1. The average Bonchev–Trinajstić information content (AvgIpc) is 2.58. The molecule has 0 atom stereocenters. The molecule has 0 saturated carbocycles. The van der Waals surface area contributed by atoms with Crippen molar-refractivity contribution in [3.05, 3.63) is 41.9 Å². The SMILES string of the molecule is [c]1csc(-c2ccccn2)c1. The number of rotatable bonds is 1. The Bertz CT molecular complexity index is 313. The molecule has 1 radical (unpaired) electrons. The highest BCUT2D eigenvalue weighted by molar-refractivity contribution is 7.13. The van der Waals surface area contributed by atoms with E-state index < -0.39 is 0 Å². The van der Waals surface area contributed by atoms with Crippen LogP contribution in [0.1, 0.15) is 0 Å². The molecular weight excluding hydrogens is 154 g/mol. The molecule has 2 heterocycles. The third-order valence-corrected chi connectivity index (χ3v) is 2.22. The lowest BCUT2D eigenvalue weighted by Crippen LogP contribution is -1.75. The largest absolute Gasteiger partial charge is 0.255 e. The third kappa shape index (κ3) is 1.30. The molecule has 0 amide bonds. The highest BCUT2D eigenvalue weighted by Crippen LogP contribution is 2.20. The summed E-state index contributed by atoms with van der Waals surface area (Å²) in [5, 5.41) is 1.93. The maximum atomic E-state index is 4.21. The van der Waals surface area contributed by atoms with E-state index in [-0.39, 0.29) is 0 Å². The fourth-order valence-electron chi connectivity index (χ4n) is 0.884. The molecule has 53 valence electrons. The van der Waals surface area contributed by atoms with E-state index in [4.69, 9.17) is 0 Å². The number of hydrogen-bond acceptors (Lipinski definition) is 2. The molecule has 0 aromatic carbocycles. The number of hydrogen-bond donors (Lipinski definition) is 0. The van der Waals surface area contributed by atoms with E-state index in [0.717, 1.165) is 5.69 Å². The van der Waals surface area contributed by atoms with Gasteiger partial charge in [0.25, 0.3) is 0 Å². The van der Waals surface area contributed by atoms with Crippen molar-refractivity contribution in [2.24, 2.45) is 0 Å². The van der Waals surface area contributed by atoms with Crippen LogP contribution in [0, 0.1) is 6.07 Å². The number of pyridine rings is 1. The van der Waals surface area contributed by atoms with Crippen LogP contribution < -0.4 is 0 Å². The fraction of sp³-hybridized carbons (Fsp3) is 0. The van der Waals surface area contributed by atoms with Crippen LogP contribution in [-0.4, -0.2) is 4.98 Å². The molecule has 0 aliphatic carbocycles. The van der Waals surface area contributed by atoms with Crippen LogP contribution in [0.25, 0.3) is 10.6 Å². The molecule has 0 saturated heterocycles. The zero-order valence-corrected chi connectivity index (χ0v) is 6.64. The number of nitrogens with zero attached hydrogens (tertiary/aromatic N) is 1. The highest BCUT2D eigenvalue weighted by atomic mass is 32.1. The minimum atomic E-state index is 1.03. The van der Waals surface area contributed by atoms with Gasteiger partial charge in [0.05, 0.1) is 10.6 Å². The van der Waals surface area contributed by atoms with Gasteiger partial charge in [-0.3, -0.25) is 4.98 Å². The van der Waals surface area contributed by atoms with Gasteiger partial charge in [-0.25, -0.2) is 0 Å². The quantitative estimate of drug-likeness (QED) is 0.625. The summed E-state index contributed by atoms with van der Waals surface area (Å²) >= 11 is 1.66. The van der Waals surface area contributed by atoms with Gasteiger partial charge in [0.15, 0.2) is 0 Å². The Balaban J connectivity index is 2.46. The van der Waals surface area contributed by atoms with Crippen molar-refractivity contribution in [2.75, 3.05) is 0 Å². The van der Waals surface area contributed by atoms with Gasteiger partial charge >= 0.3 is 0 Å². The zero-order valence-electron chi connectivity index (χ0n) is 5.82. The van der Waals surface area contributed by atoms with Crippen molar-refractivity contribution < 1.29 is 0 Å². The topological polar surface area (TPSA) is 12.9 Å². The van der Waals surface area contributed by atoms with Gasteiger partial charge < -0.3 is 0 Å². The molecule has 0 spiro atoms. The molecule has 2 aromatic rings. The second-order valence-electron chi connectivity index (χ2n) is 2.13. The molecule has 2 heteroatoms. The van der Waals surface area contributed by atoms with Crippen LogP contribution in [0.2, 0.25) is 0 Å². The molecule has 0 bridgehead atoms. The van der Waals surface area contributed by atoms with Crippen molar-refractivity contribution in [2.45, 2.75) is 0 Å². The van der Waals surface area contributed by atoms with Gasteiger partial charge in [0, 0.05) is 6.20 Å². The molecule has 11 heavy (non-hydrogen) atoms. The molecule has 0 unspecified atom stereocenters. The summed E-state index contributed by atoms with van der Waals surface area (Å²) in [7, 11) is 0. The maximum absolute atomic E-state index is 4.21. The first-order valence-corrected chi connectivity index (χ1v) is 4.21. The first-order valence-electron chi connectivity index (χ1n) is 3.33. The minimum Gasteiger partial charge on any atom is -0.255 e. The predicted octanol–water partition coefficient (Wildman–Crippen LogP) is 2.61. The van der Waals surface area contributed by atoms with Gasteiger partial charge in [0.2, 0.25) is 0 Å². The molecular formula is C9H6NS. The molecule has 0 aliphatic heterocycles. The van der Waals surface area contributed by atoms with Gasteiger partial charge in [0.1, 0.15) is 0 Å². The second-order valence-corrected chi connectivity index (χ2v) is 3.04. The van der Waals surface area contributed by atoms with E-state index in [2.05, 4.69) is 11.1 Å². The Kier molecular flexibility index (Phi) is 1.69. The predicted molar refractivity (Wildman–Crippen MR) is 46.4 cm³/mol. The molecule has 0 aliphatic rings.